The van der Waals surface area contributed by atoms with E-state index in [0.29, 0.717) is 12.1 Å². The fourth-order valence-corrected chi connectivity index (χ4v) is 1.54. The van der Waals surface area contributed by atoms with Crippen molar-refractivity contribution < 1.29 is 38.0 Å². The van der Waals surface area contributed by atoms with Gasteiger partial charge < -0.3 is 18.8 Å². The molecule has 1 rings (SSSR count). The number of rotatable bonds is 4. The summed E-state index contributed by atoms with van der Waals surface area (Å²) in [6.07, 6.45) is 0. The van der Waals surface area contributed by atoms with Gasteiger partial charge in [-0.1, -0.05) is 0 Å². The highest BCUT2D eigenvalue weighted by molar-refractivity contribution is 6.21. The Hall–Kier alpha value is -2.32. The van der Waals surface area contributed by atoms with Crippen molar-refractivity contribution in [2.45, 2.75) is 0 Å². The molecular weight excluding hydrogens is 319 g/mol. The first-order chi connectivity index (χ1) is 9.33. The second-order valence-corrected chi connectivity index (χ2v) is 3.59. The maximum Gasteiger partial charge on any atom is 0.357 e. The van der Waals surface area contributed by atoms with Gasteiger partial charge in [0, 0.05) is 0 Å². The summed E-state index contributed by atoms with van der Waals surface area (Å²) in [4.78, 5) is 44.6. The van der Waals surface area contributed by atoms with Crippen LogP contribution in [0.4, 0.5) is 0 Å². The fourth-order valence-electron chi connectivity index (χ4n) is 1.37. The van der Waals surface area contributed by atoms with Crippen molar-refractivity contribution in [2.24, 2.45) is 0 Å². The van der Waals surface area contributed by atoms with E-state index in [1.54, 1.807) is 0 Å². The Bertz CT molecular complexity index is 557. The zero-order chi connectivity index (χ0) is 15.4. The number of hydrogen-bond donors (Lipinski definition) is 2. The number of carbonyl (C=O) groups excluding carboxylic acids is 2. The number of carboxylic acids is 2. The molecule has 0 aliphatic heterocycles. The van der Waals surface area contributed by atoms with Crippen molar-refractivity contribution >= 4 is 47.6 Å². The summed E-state index contributed by atoms with van der Waals surface area (Å²) in [5.41, 5.74) is -2.68. The Kier molecular flexibility index (Phi) is 4.89. The molecule has 0 aliphatic rings. The lowest BCUT2D eigenvalue weighted by Gasteiger charge is -2.08. The number of aromatic carboxylic acids is 2. The van der Waals surface area contributed by atoms with Crippen LogP contribution in [0.2, 0.25) is 0 Å². The Morgan fingerprint density at radius 2 is 1.05 bits per heavy atom. The second-order valence-electron chi connectivity index (χ2n) is 3.28. The van der Waals surface area contributed by atoms with Gasteiger partial charge in [-0.2, -0.15) is 0 Å². The van der Waals surface area contributed by atoms with Crippen molar-refractivity contribution in [2.75, 3.05) is 0 Å². The van der Waals surface area contributed by atoms with E-state index in [1.165, 1.54) is 0 Å². The number of carboxylic acid groups (broad SMARTS) is 2. The molecule has 1 aromatic rings. The van der Waals surface area contributed by atoms with Crippen molar-refractivity contribution in [3.63, 3.8) is 0 Å². The smallest absolute Gasteiger partial charge is 0.357 e. The van der Waals surface area contributed by atoms with Crippen LogP contribution in [0.3, 0.4) is 0 Å². The van der Waals surface area contributed by atoms with Gasteiger partial charge in [0.15, 0.2) is 0 Å². The normalized spacial score (nSPS) is 9.70. The summed E-state index contributed by atoms with van der Waals surface area (Å²) < 4.78 is 7.70. The predicted octanol–water partition coefficient (Wildman–Crippen LogP) is 1.70. The molecule has 0 amide bonds. The summed E-state index contributed by atoms with van der Waals surface area (Å²) in [7, 11) is 0. The summed E-state index contributed by atoms with van der Waals surface area (Å²) in [5.74, 6) is -5.81. The fraction of sp³-hybridized carbons (Fsp3) is 0. The number of benzene rings is 1. The van der Waals surface area contributed by atoms with E-state index >= 15 is 0 Å². The standard InChI is InChI=1S/C10H4Cl2O8/c11-19-9(17)5-1-3(7(13)14)4(8(15)16)2-6(5)10(18)20-12/h1-2H,(H,13,14)(H,15,16). The van der Waals surface area contributed by atoms with Crippen molar-refractivity contribution in [3.05, 3.63) is 34.4 Å². The lowest BCUT2D eigenvalue weighted by molar-refractivity contribution is 0.0648. The minimum Gasteiger partial charge on any atom is -0.478 e. The predicted molar refractivity (Wildman–Crippen MR) is 62.9 cm³/mol. The highest BCUT2D eigenvalue weighted by atomic mass is 35.5. The Balaban J connectivity index is 3.69. The van der Waals surface area contributed by atoms with Gasteiger partial charge in [-0.25, -0.2) is 19.2 Å². The zero-order valence-corrected chi connectivity index (χ0v) is 10.8. The lowest BCUT2D eigenvalue weighted by atomic mass is 9.98. The molecule has 0 spiro atoms. The van der Waals surface area contributed by atoms with Gasteiger partial charge in [0.1, 0.15) is 23.7 Å². The molecule has 2 N–H and O–H groups in total. The highest BCUT2D eigenvalue weighted by Gasteiger charge is 2.27. The van der Waals surface area contributed by atoms with E-state index in [1.807, 2.05) is 0 Å². The summed E-state index contributed by atoms with van der Waals surface area (Å²) in [6.45, 7) is 0. The zero-order valence-electron chi connectivity index (χ0n) is 9.25. The van der Waals surface area contributed by atoms with E-state index in [0.717, 1.165) is 0 Å². The van der Waals surface area contributed by atoms with Crippen molar-refractivity contribution in [3.8, 4) is 0 Å². The van der Waals surface area contributed by atoms with Gasteiger partial charge in [0.25, 0.3) is 0 Å². The molecule has 106 valence electrons. The molecule has 10 heteroatoms. The van der Waals surface area contributed by atoms with E-state index in [9.17, 15) is 19.2 Å². The SMILES string of the molecule is O=C(O)c1cc(C(=O)OCl)c(C(=O)OCl)cc1C(=O)O. The molecule has 0 aromatic heterocycles. The molecular formula is C10H4Cl2O8. The van der Waals surface area contributed by atoms with Gasteiger partial charge in [-0.15, -0.1) is 0 Å². The summed E-state index contributed by atoms with van der Waals surface area (Å²) >= 11 is 9.68. The van der Waals surface area contributed by atoms with Gasteiger partial charge in [0.05, 0.1) is 22.3 Å². The van der Waals surface area contributed by atoms with Crippen molar-refractivity contribution in [1.29, 1.82) is 0 Å². The van der Waals surface area contributed by atoms with Crippen LogP contribution in [-0.2, 0) is 8.58 Å². The molecule has 8 nitrogen and oxygen atoms in total. The van der Waals surface area contributed by atoms with E-state index in [-0.39, 0.29) is 0 Å². The second kappa shape index (κ2) is 6.22. The molecule has 0 unspecified atom stereocenters. The minimum atomic E-state index is -1.63. The molecule has 0 saturated heterocycles. The topological polar surface area (TPSA) is 127 Å². The van der Waals surface area contributed by atoms with Crippen LogP contribution < -0.4 is 0 Å². The summed E-state index contributed by atoms with van der Waals surface area (Å²) in [6, 6.07) is 1.25. The lowest BCUT2D eigenvalue weighted by Crippen LogP contribution is -2.16. The third-order valence-electron chi connectivity index (χ3n) is 2.20. The summed E-state index contributed by atoms with van der Waals surface area (Å²) in [5, 5.41) is 17.8. The van der Waals surface area contributed by atoms with Gasteiger partial charge >= 0.3 is 23.9 Å². The van der Waals surface area contributed by atoms with Crippen LogP contribution >= 0.6 is 23.7 Å². The largest absolute Gasteiger partial charge is 0.478 e. The van der Waals surface area contributed by atoms with Gasteiger partial charge in [-0.3, -0.25) is 0 Å². The first-order valence-corrected chi connectivity index (χ1v) is 5.25. The Morgan fingerprint density at radius 1 is 0.750 bits per heavy atom. The molecule has 0 atom stereocenters. The first-order valence-electron chi connectivity index (χ1n) is 4.64. The van der Waals surface area contributed by atoms with Crippen LogP contribution in [0.25, 0.3) is 0 Å². The van der Waals surface area contributed by atoms with Crippen molar-refractivity contribution in [1.82, 2.24) is 0 Å². The van der Waals surface area contributed by atoms with E-state index < -0.39 is 46.1 Å². The molecule has 20 heavy (non-hydrogen) atoms. The van der Waals surface area contributed by atoms with Crippen LogP contribution in [0.15, 0.2) is 12.1 Å². The number of halogens is 2. The maximum absolute atomic E-state index is 11.4. The van der Waals surface area contributed by atoms with E-state index in [4.69, 9.17) is 33.9 Å². The first kappa shape index (κ1) is 15.7. The number of carbonyl (C=O) groups is 4. The highest BCUT2D eigenvalue weighted by Crippen LogP contribution is 2.21. The molecule has 0 fully saturated rings. The average Bonchev–Trinajstić information content (AvgIpc) is 2.43. The molecule has 0 saturated carbocycles. The third kappa shape index (κ3) is 2.98. The van der Waals surface area contributed by atoms with Gasteiger partial charge in [0.2, 0.25) is 0 Å². The molecule has 0 heterocycles. The van der Waals surface area contributed by atoms with Crippen LogP contribution in [0, 0.1) is 0 Å². The van der Waals surface area contributed by atoms with Gasteiger partial charge in [-0.05, 0) is 12.1 Å². The van der Waals surface area contributed by atoms with Crippen LogP contribution in [0.1, 0.15) is 41.4 Å². The average molecular weight is 323 g/mol. The maximum atomic E-state index is 11.4. The molecule has 0 aliphatic carbocycles. The minimum absolute atomic E-state index is 0.604. The Morgan fingerprint density at radius 3 is 1.25 bits per heavy atom. The monoisotopic (exact) mass is 322 g/mol. The number of hydrogen-bond acceptors (Lipinski definition) is 6. The van der Waals surface area contributed by atoms with Crippen LogP contribution in [-0.4, -0.2) is 34.1 Å². The molecule has 1 aromatic carbocycles. The quantitative estimate of drug-likeness (QED) is 0.857. The van der Waals surface area contributed by atoms with Crippen LogP contribution in [0.5, 0.6) is 0 Å². The Labute approximate surface area is 120 Å². The molecule has 0 bridgehead atoms. The third-order valence-corrected chi connectivity index (χ3v) is 2.48. The van der Waals surface area contributed by atoms with E-state index in [2.05, 4.69) is 8.58 Å². The molecule has 0 radical (unpaired) electrons.